The number of hydrogen-bond donors (Lipinski definition) is 0. The smallest absolute Gasteiger partial charge is 0.164 e. The van der Waals surface area contributed by atoms with E-state index >= 15 is 0 Å². The Kier molecular flexibility index (Phi) is 8.30. The number of fused-ring (bicyclic) bond motifs is 5. The summed E-state index contributed by atoms with van der Waals surface area (Å²) in [4.78, 5) is 14.2. The van der Waals surface area contributed by atoms with Crippen LogP contribution in [-0.2, 0) is 0 Å². The van der Waals surface area contributed by atoms with Gasteiger partial charge in [0.1, 0.15) is 78.5 Å². The second-order valence-corrected chi connectivity index (χ2v) is 13.3. The topological polar surface area (TPSA) is 38.7 Å². The van der Waals surface area contributed by atoms with Crippen molar-refractivity contribution in [3.8, 4) is 45.3 Å². The summed E-state index contributed by atoms with van der Waals surface area (Å²) in [5, 5.41) is 4.83. The van der Waals surface area contributed by atoms with Crippen LogP contribution < -0.4 is 54.6 Å². The lowest BCUT2D eigenvalue weighted by atomic mass is 9.60. The van der Waals surface area contributed by atoms with E-state index in [0.29, 0.717) is 5.56 Å². The van der Waals surface area contributed by atoms with Crippen LogP contribution in [0.5, 0.6) is 0 Å². The third-order valence-electron chi connectivity index (χ3n) is 9.32. The molecule has 51 heavy (non-hydrogen) atoms. The molecule has 0 saturated heterocycles. The highest BCUT2D eigenvalue weighted by Crippen LogP contribution is 2.43. The number of hydrogen-bond acceptors (Lipinski definition) is 4. The van der Waals surface area contributed by atoms with Crippen LogP contribution in [0.15, 0.2) is 78.9 Å². The Morgan fingerprint density at radius 3 is 1.45 bits per heavy atom. The van der Waals surface area contributed by atoms with Gasteiger partial charge < -0.3 is 0 Å². The molecule has 0 aliphatic heterocycles. The van der Waals surface area contributed by atoms with Crippen molar-refractivity contribution in [3.63, 3.8) is 0 Å². The van der Waals surface area contributed by atoms with E-state index in [9.17, 15) is 0 Å². The summed E-state index contributed by atoms with van der Waals surface area (Å²) >= 11 is 1.79. The molecule has 0 unspecified atom stereocenters. The van der Waals surface area contributed by atoms with Gasteiger partial charge in [-0.25, -0.2) is 15.0 Å². The molecule has 3 nitrogen and oxygen atoms in total. The van der Waals surface area contributed by atoms with E-state index in [-0.39, 0.29) is 83.2 Å². The van der Waals surface area contributed by atoms with E-state index in [1.54, 1.807) is 11.3 Å². The fourth-order valence-corrected chi connectivity index (χ4v) is 7.77. The van der Waals surface area contributed by atoms with Gasteiger partial charge in [-0.15, -0.1) is 44.1 Å². The molecule has 0 spiro atoms. The van der Waals surface area contributed by atoms with Crippen LogP contribution in [0.3, 0.4) is 0 Å². The Hall–Kier alpha value is -4.54. The lowest BCUT2D eigenvalue weighted by molar-refractivity contribution is 1.08. The van der Waals surface area contributed by atoms with Crippen molar-refractivity contribution in [1.82, 2.24) is 15.0 Å². The van der Waals surface area contributed by atoms with Crippen LogP contribution in [0.25, 0.3) is 76.2 Å². The quantitative estimate of drug-likeness (QED) is 0.210. The summed E-state index contributed by atoms with van der Waals surface area (Å²) in [6, 6.07) is 27.0. The minimum Gasteiger partial charge on any atom is -0.208 e. The summed E-state index contributed by atoms with van der Waals surface area (Å²) in [6.07, 6.45) is 0. The molecule has 0 bridgehead atoms. The lowest BCUT2D eigenvalue weighted by Crippen LogP contribution is -2.55. The molecule has 2 aromatic heterocycles. The first-order chi connectivity index (χ1) is 24.5. The Morgan fingerprint density at radius 1 is 0.392 bits per heavy atom. The Labute approximate surface area is 313 Å². The zero-order valence-corrected chi connectivity index (χ0v) is 27.8. The minimum absolute atomic E-state index is 0.0349. The molecule has 212 valence electrons. The third kappa shape index (κ3) is 5.29. The highest BCUT2D eigenvalue weighted by Gasteiger charge is 2.21. The Bertz CT molecular complexity index is 2620. The number of rotatable bonds is 4. The van der Waals surface area contributed by atoms with Crippen LogP contribution in [0.1, 0.15) is 0 Å². The predicted molar refractivity (Wildman–Crippen MR) is 226 cm³/mol. The highest BCUT2D eigenvalue weighted by molar-refractivity contribution is 7.26. The van der Waals surface area contributed by atoms with Gasteiger partial charge in [0.05, 0.1) is 0 Å². The molecule has 8 aromatic rings. The van der Waals surface area contributed by atoms with E-state index in [4.69, 9.17) is 88.4 Å². The van der Waals surface area contributed by atoms with Crippen molar-refractivity contribution < 1.29 is 0 Å². The van der Waals surface area contributed by atoms with Crippen molar-refractivity contribution >= 4 is 175 Å². The summed E-state index contributed by atoms with van der Waals surface area (Å²) in [5.74, 6) is 0.330. The van der Waals surface area contributed by atoms with Gasteiger partial charge in [-0.05, 0) is 28.0 Å². The van der Waals surface area contributed by atoms with Gasteiger partial charge in [0, 0.05) is 36.9 Å². The fourth-order valence-electron chi connectivity index (χ4n) is 6.50. The lowest BCUT2D eigenvalue weighted by Gasteiger charge is -2.22. The van der Waals surface area contributed by atoms with Crippen LogP contribution >= 0.6 is 11.3 Å². The summed E-state index contributed by atoms with van der Waals surface area (Å²) in [7, 11) is 62.7. The van der Waals surface area contributed by atoms with Gasteiger partial charge >= 0.3 is 0 Å². The summed E-state index contributed by atoms with van der Waals surface area (Å²) < 4.78 is 2.45. The SMILES string of the molecule is [B]c1c([B])c([B])c(-c2nc(-c3ccc(-c4cccc5sc6c7ccccc7ccc6c45)cc3)nc(-c3c([B])c([B])c([B])c([B])c3[B])n2)c([B])c1[B]. The van der Waals surface area contributed by atoms with Gasteiger partial charge in [0.15, 0.2) is 17.5 Å². The molecule has 8 rings (SSSR count). The van der Waals surface area contributed by atoms with Gasteiger partial charge in [0.2, 0.25) is 0 Å². The molecule has 0 N–H and O–H groups in total. The largest absolute Gasteiger partial charge is 0.208 e. The van der Waals surface area contributed by atoms with Crippen molar-refractivity contribution in [3.05, 3.63) is 78.9 Å². The van der Waals surface area contributed by atoms with Crippen LogP contribution in [0.4, 0.5) is 0 Å². The van der Waals surface area contributed by atoms with Crippen molar-refractivity contribution in [2.45, 2.75) is 0 Å². The zero-order valence-electron chi connectivity index (χ0n) is 27.0. The average molecular weight is 640 g/mol. The first-order valence-corrected chi connectivity index (χ1v) is 16.5. The van der Waals surface area contributed by atoms with E-state index in [1.807, 2.05) is 24.3 Å². The standard InChI is InChI=1S/C37H13B10N3S/c38-24-22(25(39)29(43)32(46)28(24)42)36-48-35(49-37(50-36)23-26(40)30(44)33(47)31(45)27(23)41)16-10-8-15(9-11-16)17-6-3-7-20-21(17)19-13-12-14-4-1-2-5-18(14)34(19)51-20/h1-13H. The Morgan fingerprint density at radius 2 is 0.882 bits per heavy atom. The molecule has 0 amide bonds. The van der Waals surface area contributed by atoms with Gasteiger partial charge in [-0.1, -0.05) is 94.6 Å². The minimum atomic E-state index is 0.0349. The summed E-state index contributed by atoms with van der Waals surface area (Å²) in [6.45, 7) is 0. The summed E-state index contributed by atoms with van der Waals surface area (Å²) in [5.41, 5.74) is 3.47. The fraction of sp³-hybridized carbons (Fsp3) is 0. The number of thiophene rings is 1. The molecule has 0 aliphatic carbocycles. The van der Waals surface area contributed by atoms with Gasteiger partial charge in [-0.2, -0.15) is 0 Å². The molecule has 0 atom stereocenters. The molecular formula is C37H13B10N3S. The zero-order chi connectivity index (χ0) is 35.9. The third-order valence-corrected chi connectivity index (χ3v) is 10.5. The molecule has 14 heteroatoms. The highest BCUT2D eigenvalue weighted by atomic mass is 32.1. The number of benzene rings is 6. The second kappa shape index (κ2) is 12.6. The maximum Gasteiger partial charge on any atom is 0.164 e. The maximum absolute atomic E-state index is 6.44. The second-order valence-electron chi connectivity index (χ2n) is 12.2. The van der Waals surface area contributed by atoms with Crippen LogP contribution in [0.2, 0.25) is 0 Å². The molecule has 2 heterocycles. The molecule has 6 aromatic carbocycles. The first kappa shape index (κ1) is 33.6. The van der Waals surface area contributed by atoms with Gasteiger partial charge in [-0.3, -0.25) is 0 Å². The van der Waals surface area contributed by atoms with Crippen LogP contribution in [-0.4, -0.2) is 93.4 Å². The Balaban J connectivity index is 1.32. The molecular weight excluding hydrogens is 627 g/mol. The predicted octanol–water partition coefficient (Wildman–Crippen LogP) is -2.00. The van der Waals surface area contributed by atoms with E-state index in [2.05, 4.69) is 59.6 Å². The van der Waals surface area contributed by atoms with Gasteiger partial charge in [0.25, 0.3) is 0 Å². The van der Waals surface area contributed by atoms with E-state index < -0.39 is 0 Å². The monoisotopic (exact) mass is 641 g/mol. The van der Waals surface area contributed by atoms with E-state index in [0.717, 1.165) is 11.1 Å². The maximum atomic E-state index is 6.44. The molecule has 0 fully saturated rings. The van der Waals surface area contributed by atoms with E-state index in [1.165, 1.54) is 30.9 Å². The normalized spacial score (nSPS) is 11.5. The molecule has 20 radical (unpaired) electrons. The molecule has 0 saturated carbocycles. The van der Waals surface area contributed by atoms with Crippen molar-refractivity contribution in [2.75, 3.05) is 0 Å². The van der Waals surface area contributed by atoms with Crippen molar-refractivity contribution in [1.29, 1.82) is 0 Å². The number of aromatic nitrogens is 3. The first-order valence-electron chi connectivity index (χ1n) is 15.7. The number of nitrogens with zero attached hydrogens (tertiary/aromatic N) is 3. The van der Waals surface area contributed by atoms with Crippen molar-refractivity contribution in [2.24, 2.45) is 0 Å². The molecule has 0 aliphatic rings. The van der Waals surface area contributed by atoms with Crippen LogP contribution in [0, 0.1) is 0 Å². The average Bonchev–Trinajstić information content (AvgIpc) is 3.54.